The highest BCUT2D eigenvalue weighted by Crippen LogP contribution is 2.39. The van der Waals surface area contributed by atoms with Gasteiger partial charge in [0.15, 0.2) is 0 Å². The van der Waals surface area contributed by atoms with Crippen LogP contribution in [-0.2, 0) is 4.79 Å². The average Bonchev–Trinajstić information content (AvgIpc) is 2.74. The molecule has 0 fully saturated rings. The lowest BCUT2D eigenvalue weighted by Crippen LogP contribution is -2.14. The highest BCUT2D eigenvalue weighted by Gasteiger charge is 2.33. The van der Waals surface area contributed by atoms with E-state index in [0.717, 1.165) is 16.8 Å². The summed E-state index contributed by atoms with van der Waals surface area (Å²) in [5, 5.41) is 2.87. The first-order chi connectivity index (χ1) is 8.81. The van der Waals surface area contributed by atoms with E-state index in [1.54, 1.807) is 13.3 Å². The molecular formula is C14H12N2O2. The summed E-state index contributed by atoms with van der Waals surface area (Å²) in [5.74, 6) is 0.113. The number of anilines is 1. The van der Waals surface area contributed by atoms with Gasteiger partial charge in [-0.05, 0) is 17.7 Å². The number of pyridine rings is 1. The van der Waals surface area contributed by atoms with E-state index in [4.69, 9.17) is 4.74 Å². The number of benzene rings is 1. The molecule has 1 aliphatic heterocycles. The number of methoxy groups -OCH3 is 1. The van der Waals surface area contributed by atoms with Crippen LogP contribution < -0.4 is 10.1 Å². The summed E-state index contributed by atoms with van der Waals surface area (Å²) in [6.07, 6.45) is 1.65. The lowest BCUT2D eigenvalue weighted by molar-refractivity contribution is -0.116. The average molecular weight is 240 g/mol. The van der Waals surface area contributed by atoms with Gasteiger partial charge < -0.3 is 10.1 Å². The number of amides is 1. The Morgan fingerprint density at radius 3 is 2.78 bits per heavy atom. The van der Waals surface area contributed by atoms with Gasteiger partial charge in [-0.15, -0.1) is 0 Å². The Labute approximate surface area is 105 Å². The van der Waals surface area contributed by atoms with E-state index in [0.29, 0.717) is 5.88 Å². The number of para-hydroxylation sites is 1. The molecule has 1 aromatic carbocycles. The molecule has 2 aromatic rings. The van der Waals surface area contributed by atoms with E-state index in [-0.39, 0.29) is 11.8 Å². The van der Waals surface area contributed by atoms with Crippen molar-refractivity contribution in [3.8, 4) is 5.88 Å². The standard InChI is InChI=1S/C14H12N2O2/c1-18-14-10(6-4-8-15-14)12-9-5-2-3-7-11(9)16-13(12)17/h2-8,12H,1H3,(H,16,17). The van der Waals surface area contributed by atoms with Gasteiger partial charge in [0.25, 0.3) is 0 Å². The van der Waals surface area contributed by atoms with E-state index in [2.05, 4.69) is 10.3 Å². The molecule has 18 heavy (non-hydrogen) atoms. The van der Waals surface area contributed by atoms with Crippen LogP contribution in [0.4, 0.5) is 5.69 Å². The molecule has 0 saturated heterocycles. The van der Waals surface area contributed by atoms with Gasteiger partial charge in [-0.25, -0.2) is 4.98 Å². The molecule has 4 nitrogen and oxygen atoms in total. The largest absolute Gasteiger partial charge is 0.481 e. The van der Waals surface area contributed by atoms with Gasteiger partial charge in [-0.2, -0.15) is 0 Å². The van der Waals surface area contributed by atoms with Crippen LogP contribution in [-0.4, -0.2) is 18.0 Å². The molecule has 1 unspecified atom stereocenters. The summed E-state index contributed by atoms with van der Waals surface area (Å²) in [4.78, 5) is 16.3. The second kappa shape index (κ2) is 4.14. The molecule has 0 saturated carbocycles. The quantitative estimate of drug-likeness (QED) is 0.875. The highest BCUT2D eigenvalue weighted by molar-refractivity contribution is 6.05. The Hall–Kier alpha value is -2.36. The molecule has 1 aliphatic rings. The molecule has 1 amide bonds. The fourth-order valence-corrected chi connectivity index (χ4v) is 2.31. The minimum Gasteiger partial charge on any atom is -0.481 e. The normalized spacial score (nSPS) is 17.2. The van der Waals surface area contributed by atoms with Crippen LogP contribution in [0.5, 0.6) is 5.88 Å². The summed E-state index contributed by atoms with van der Waals surface area (Å²) >= 11 is 0. The number of ether oxygens (including phenoxy) is 1. The van der Waals surface area contributed by atoms with Gasteiger partial charge in [0.2, 0.25) is 11.8 Å². The lowest BCUT2D eigenvalue weighted by atomic mass is 9.93. The molecule has 0 aliphatic carbocycles. The van der Waals surface area contributed by atoms with Crippen molar-refractivity contribution in [3.05, 3.63) is 53.7 Å². The van der Waals surface area contributed by atoms with Crippen molar-refractivity contribution in [2.75, 3.05) is 12.4 Å². The third-order valence-electron chi connectivity index (χ3n) is 3.10. The number of carbonyl (C=O) groups excluding carboxylic acids is 1. The maximum Gasteiger partial charge on any atom is 0.236 e. The molecule has 2 heterocycles. The second-order valence-electron chi connectivity index (χ2n) is 4.11. The van der Waals surface area contributed by atoms with Crippen LogP contribution in [0.2, 0.25) is 0 Å². The Morgan fingerprint density at radius 1 is 1.17 bits per heavy atom. The van der Waals surface area contributed by atoms with Crippen molar-refractivity contribution < 1.29 is 9.53 Å². The number of carbonyl (C=O) groups is 1. The number of nitrogens with one attached hydrogen (secondary N) is 1. The number of fused-ring (bicyclic) bond motifs is 1. The molecule has 4 heteroatoms. The SMILES string of the molecule is COc1ncccc1C1C(=O)Nc2ccccc21. The number of hydrogen-bond acceptors (Lipinski definition) is 3. The van der Waals surface area contributed by atoms with Gasteiger partial charge in [-0.3, -0.25) is 4.79 Å². The van der Waals surface area contributed by atoms with E-state index in [1.165, 1.54) is 0 Å². The predicted molar refractivity (Wildman–Crippen MR) is 67.7 cm³/mol. The number of aromatic nitrogens is 1. The van der Waals surface area contributed by atoms with Gasteiger partial charge in [-0.1, -0.05) is 24.3 Å². The van der Waals surface area contributed by atoms with E-state index < -0.39 is 0 Å². The van der Waals surface area contributed by atoms with Crippen molar-refractivity contribution in [2.45, 2.75) is 5.92 Å². The van der Waals surface area contributed by atoms with E-state index >= 15 is 0 Å². The summed E-state index contributed by atoms with van der Waals surface area (Å²) in [5.41, 5.74) is 2.62. The molecule has 3 rings (SSSR count). The topological polar surface area (TPSA) is 51.2 Å². The van der Waals surface area contributed by atoms with Crippen molar-refractivity contribution in [1.29, 1.82) is 0 Å². The number of nitrogens with zero attached hydrogens (tertiary/aromatic N) is 1. The Bertz CT molecular complexity index is 610. The Kier molecular flexibility index (Phi) is 2.48. The molecule has 1 N–H and O–H groups in total. The van der Waals surface area contributed by atoms with Gasteiger partial charge >= 0.3 is 0 Å². The molecular weight excluding hydrogens is 228 g/mol. The van der Waals surface area contributed by atoms with Crippen LogP contribution >= 0.6 is 0 Å². The minimum atomic E-state index is -0.343. The van der Waals surface area contributed by atoms with Crippen molar-refractivity contribution in [3.63, 3.8) is 0 Å². The van der Waals surface area contributed by atoms with Gasteiger partial charge in [0, 0.05) is 17.4 Å². The lowest BCUT2D eigenvalue weighted by Gasteiger charge is -2.12. The first kappa shape index (κ1) is 10.8. The van der Waals surface area contributed by atoms with Crippen LogP contribution in [0.3, 0.4) is 0 Å². The number of hydrogen-bond donors (Lipinski definition) is 1. The Morgan fingerprint density at radius 2 is 1.94 bits per heavy atom. The zero-order chi connectivity index (χ0) is 12.5. The molecule has 0 radical (unpaired) electrons. The molecule has 90 valence electrons. The van der Waals surface area contributed by atoms with Gasteiger partial charge in [0.1, 0.15) is 0 Å². The zero-order valence-corrected chi connectivity index (χ0v) is 9.88. The van der Waals surface area contributed by atoms with Crippen molar-refractivity contribution >= 4 is 11.6 Å². The third kappa shape index (κ3) is 1.54. The Balaban J connectivity index is 2.15. The van der Waals surface area contributed by atoms with Crippen LogP contribution in [0, 0.1) is 0 Å². The maximum atomic E-state index is 12.1. The third-order valence-corrected chi connectivity index (χ3v) is 3.10. The summed E-state index contributed by atoms with van der Waals surface area (Å²) in [7, 11) is 1.56. The fraction of sp³-hybridized carbons (Fsp3) is 0.143. The van der Waals surface area contributed by atoms with Crippen LogP contribution in [0.1, 0.15) is 17.0 Å². The predicted octanol–water partition coefficient (Wildman–Crippen LogP) is 2.17. The van der Waals surface area contributed by atoms with Crippen LogP contribution in [0.25, 0.3) is 0 Å². The van der Waals surface area contributed by atoms with Crippen molar-refractivity contribution in [2.24, 2.45) is 0 Å². The molecule has 0 spiro atoms. The molecule has 0 bridgehead atoms. The second-order valence-corrected chi connectivity index (χ2v) is 4.11. The van der Waals surface area contributed by atoms with E-state index in [9.17, 15) is 4.79 Å². The number of rotatable bonds is 2. The zero-order valence-electron chi connectivity index (χ0n) is 9.88. The molecule has 1 atom stereocenters. The summed E-state index contributed by atoms with van der Waals surface area (Å²) < 4.78 is 5.23. The van der Waals surface area contributed by atoms with Gasteiger partial charge in [0.05, 0.1) is 13.0 Å². The first-order valence-corrected chi connectivity index (χ1v) is 5.70. The monoisotopic (exact) mass is 240 g/mol. The maximum absolute atomic E-state index is 12.1. The van der Waals surface area contributed by atoms with Crippen molar-refractivity contribution in [1.82, 2.24) is 4.98 Å². The van der Waals surface area contributed by atoms with E-state index in [1.807, 2.05) is 36.4 Å². The fourth-order valence-electron chi connectivity index (χ4n) is 2.31. The minimum absolute atomic E-state index is 0.0394. The smallest absolute Gasteiger partial charge is 0.236 e. The highest BCUT2D eigenvalue weighted by atomic mass is 16.5. The first-order valence-electron chi connectivity index (χ1n) is 5.70. The summed E-state index contributed by atoms with van der Waals surface area (Å²) in [6, 6.07) is 11.4. The molecule has 1 aromatic heterocycles. The summed E-state index contributed by atoms with van der Waals surface area (Å²) in [6.45, 7) is 0. The van der Waals surface area contributed by atoms with Crippen LogP contribution in [0.15, 0.2) is 42.6 Å².